The van der Waals surface area contributed by atoms with Gasteiger partial charge in [0, 0.05) is 19.3 Å². The lowest BCUT2D eigenvalue weighted by Gasteiger charge is -2.35. The molecule has 0 amide bonds. The molecule has 2 N–H and O–H groups in total. The number of halogens is 1. The van der Waals surface area contributed by atoms with Crippen LogP contribution in [0.4, 0.5) is 5.82 Å². The monoisotopic (exact) mass is 317 g/mol. The molecule has 1 aliphatic rings. The molecule has 1 aromatic heterocycles. The van der Waals surface area contributed by atoms with Gasteiger partial charge in [0.15, 0.2) is 0 Å². The Balaban J connectivity index is 2.31. The molecule has 2 atom stereocenters. The van der Waals surface area contributed by atoms with E-state index in [1.54, 1.807) is 7.05 Å². The maximum atomic E-state index is 12.6. The molecule has 0 spiro atoms. The van der Waals surface area contributed by atoms with Crippen molar-refractivity contribution >= 4 is 27.4 Å². The van der Waals surface area contributed by atoms with Crippen molar-refractivity contribution in [3.63, 3.8) is 0 Å². The molecule has 1 aromatic rings. The highest BCUT2D eigenvalue weighted by Crippen LogP contribution is 2.31. The molecule has 1 heterocycles. The zero-order chi connectivity index (χ0) is 14.9. The molecule has 0 aliphatic heterocycles. The van der Waals surface area contributed by atoms with Crippen LogP contribution in [0.15, 0.2) is 17.2 Å². The summed E-state index contributed by atoms with van der Waals surface area (Å²) < 4.78 is 26.7. The maximum Gasteiger partial charge on any atom is 0.244 e. The van der Waals surface area contributed by atoms with Crippen LogP contribution >= 0.6 is 11.6 Å². The fourth-order valence-corrected chi connectivity index (χ4v) is 4.44. The molecule has 2 unspecified atom stereocenters. The molecule has 0 bridgehead atoms. The van der Waals surface area contributed by atoms with Crippen molar-refractivity contribution in [1.82, 2.24) is 9.29 Å². The summed E-state index contributed by atoms with van der Waals surface area (Å²) in [5.41, 5.74) is 5.52. The van der Waals surface area contributed by atoms with Crippen molar-refractivity contribution in [3.8, 4) is 0 Å². The minimum absolute atomic E-state index is 0.0325. The number of nitrogens with two attached hydrogens (primary N) is 1. The number of anilines is 1. The molecule has 1 saturated carbocycles. The lowest BCUT2D eigenvalue weighted by molar-refractivity contribution is 0.213. The van der Waals surface area contributed by atoms with E-state index in [-0.39, 0.29) is 21.8 Å². The summed E-state index contributed by atoms with van der Waals surface area (Å²) in [6, 6.07) is 1.40. The number of aromatic nitrogens is 1. The molecule has 20 heavy (non-hydrogen) atoms. The predicted molar refractivity (Wildman–Crippen MR) is 80.0 cm³/mol. The fraction of sp³-hybridized carbons (Fsp3) is 0.615. The quantitative estimate of drug-likeness (QED) is 0.929. The molecule has 0 radical (unpaired) electrons. The van der Waals surface area contributed by atoms with Gasteiger partial charge in [-0.3, -0.25) is 0 Å². The summed E-state index contributed by atoms with van der Waals surface area (Å²) in [6.45, 7) is 2.10. The molecule has 5 nitrogen and oxygen atoms in total. The van der Waals surface area contributed by atoms with E-state index in [0.29, 0.717) is 5.92 Å². The largest absolute Gasteiger partial charge is 0.382 e. The van der Waals surface area contributed by atoms with Gasteiger partial charge >= 0.3 is 0 Å². The summed E-state index contributed by atoms with van der Waals surface area (Å²) in [4.78, 5) is 3.93. The van der Waals surface area contributed by atoms with Crippen molar-refractivity contribution in [3.05, 3.63) is 17.3 Å². The average molecular weight is 318 g/mol. The van der Waals surface area contributed by atoms with Gasteiger partial charge in [-0.2, -0.15) is 4.31 Å². The Hall–Kier alpha value is -0.850. The van der Waals surface area contributed by atoms with Gasteiger partial charge in [0.25, 0.3) is 0 Å². The lowest BCUT2D eigenvalue weighted by atomic mass is 9.86. The molecular weight excluding hydrogens is 298 g/mol. The van der Waals surface area contributed by atoms with E-state index in [0.717, 1.165) is 19.3 Å². The first-order valence-corrected chi connectivity index (χ1v) is 8.55. The normalized spacial score (nSPS) is 24.0. The van der Waals surface area contributed by atoms with Gasteiger partial charge in [-0.1, -0.05) is 31.4 Å². The Bertz CT molecular complexity index is 591. The molecule has 112 valence electrons. The minimum atomic E-state index is -3.58. The predicted octanol–water partition coefficient (Wildman–Crippen LogP) is 2.52. The van der Waals surface area contributed by atoms with Crippen molar-refractivity contribution in [2.75, 3.05) is 12.8 Å². The number of rotatable bonds is 3. The smallest absolute Gasteiger partial charge is 0.244 e. The van der Waals surface area contributed by atoms with E-state index in [1.165, 1.54) is 23.0 Å². The van der Waals surface area contributed by atoms with E-state index in [4.69, 9.17) is 17.3 Å². The Morgan fingerprint density at radius 1 is 1.40 bits per heavy atom. The highest BCUT2D eigenvalue weighted by Gasteiger charge is 2.33. The molecule has 7 heteroatoms. The number of nitrogen functional groups attached to an aromatic ring is 1. The van der Waals surface area contributed by atoms with Crippen LogP contribution in [0.25, 0.3) is 0 Å². The topological polar surface area (TPSA) is 76.3 Å². The molecule has 2 rings (SSSR count). The minimum Gasteiger partial charge on any atom is -0.382 e. The van der Waals surface area contributed by atoms with Gasteiger partial charge in [-0.05, 0) is 24.8 Å². The van der Waals surface area contributed by atoms with Crippen LogP contribution in [0.1, 0.15) is 32.6 Å². The molecule has 0 saturated heterocycles. The van der Waals surface area contributed by atoms with Crippen LogP contribution in [-0.2, 0) is 10.0 Å². The van der Waals surface area contributed by atoms with Crippen LogP contribution in [0.3, 0.4) is 0 Å². The van der Waals surface area contributed by atoms with Crippen LogP contribution in [0, 0.1) is 5.92 Å². The first kappa shape index (κ1) is 15.5. The summed E-state index contributed by atoms with van der Waals surface area (Å²) in [5, 5.41) is 0.163. The third kappa shape index (κ3) is 2.92. The van der Waals surface area contributed by atoms with E-state index < -0.39 is 10.0 Å². The van der Waals surface area contributed by atoms with Gasteiger partial charge in [0.1, 0.15) is 10.7 Å². The molecule has 0 aromatic carbocycles. The van der Waals surface area contributed by atoms with Crippen molar-refractivity contribution in [2.45, 2.75) is 43.5 Å². The second kappa shape index (κ2) is 5.87. The van der Waals surface area contributed by atoms with Crippen LogP contribution in [0.2, 0.25) is 5.02 Å². The van der Waals surface area contributed by atoms with Crippen molar-refractivity contribution < 1.29 is 8.42 Å². The second-order valence-corrected chi connectivity index (χ2v) is 7.79. The Kier molecular flexibility index (Phi) is 4.56. The number of hydrogen-bond donors (Lipinski definition) is 1. The zero-order valence-electron chi connectivity index (χ0n) is 11.7. The summed E-state index contributed by atoms with van der Waals surface area (Å²) in [7, 11) is -1.95. The van der Waals surface area contributed by atoms with Crippen LogP contribution in [0.5, 0.6) is 0 Å². The Morgan fingerprint density at radius 2 is 2.05 bits per heavy atom. The first-order valence-electron chi connectivity index (χ1n) is 6.73. The fourth-order valence-electron chi connectivity index (χ4n) is 2.75. The van der Waals surface area contributed by atoms with Gasteiger partial charge in [0.05, 0.1) is 5.02 Å². The average Bonchev–Trinajstić information content (AvgIpc) is 2.41. The Morgan fingerprint density at radius 3 is 2.65 bits per heavy atom. The number of nitrogens with zero attached hydrogens (tertiary/aromatic N) is 2. The summed E-state index contributed by atoms with van der Waals surface area (Å²) >= 11 is 5.87. The number of hydrogen-bond acceptors (Lipinski definition) is 4. The van der Waals surface area contributed by atoms with E-state index >= 15 is 0 Å². The van der Waals surface area contributed by atoms with Crippen LogP contribution < -0.4 is 5.73 Å². The lowest BCUT2D eigenvalue weighted by Crippen LogP contribution is -2.42. The van der Waals surface area contributed by atoms with E-state index in [2.05, 4.69) is 11.9 Å². The third-order valence-corrected chi connectivity index (χ3v) is 6.21. The van der Waals surface area contributed by atoms with Crippen LogP contribution in [-0.4, -0.2) is 30.8 Å². The first-order chi connectivity index (χ1) is 9.34. The summed E-state index contributed by atoms with van der Waals surface area (Å²) in [5.74, 6) is 0.500. The van der Waals surface area contributed by atoms with E-state index in [9.17, 15) is 8.42 Å². The van der Waals surface area contributed by atoms with Crippen molar-refractivity contribution in [1.29, 1.82) is 0 Å². The van der Waals surface area contributed by atoms with Gasteiger partial charge in [-0.15, -0.1) is 0 Å². The Labute approximate surface area is 125 Å². The van der Waals surface area contributed by atoms with Gasteiger partial charge < -0.3 is 5.73 Å². The second-order valence-electron chi connectivity index (χ2n) is 5.39. The molecule has 1 fully saturated rings. The standard InChI is InChI=1S/C13H20ClN3O2S/c1-9-5-3-4-6-12(9)17(2)20(18,19)10-7-11(14)13(15)16-8-10/h7-9,12H,3-6H2,1-2H3,(H2,15,16). The third-order valence-electron chi connectivity index (χ3n) is 4.05. The number of sulfonamides is 1. The van der Waals surface area contributed by atoms with Gasteiger partial charge in [-0.25, -0.2) is 13.4 Å². The summed E-state index contributed by atoms with van der Waals surface area (Å²) in [6.07, 6.45) is 5.45. The molecular formula is C13H20ClN3O2S. The van der Waals surface area contributed by atoms with E-state index in [1.807, 2.05) is 0 Å². The highest BCUT2D eigenvalue weighted by atomic mass is 35.5. The highest BCUT2D eigenvalue weighted by molar-refractivity contribution is 7.89. The van der Waals surface area contributed by atoms with Gasteiger partial charge in [0.2, 0.25) is 10.0 Å². The SMILES string of the molecule is CC1CCCCC1N(C)S(=O)(=O)c1cnc(N)c(Cl)c1. The zero-order valence-corrected chi connectivity index (χ0v) is 13.3. The molecule has 1 aliphatic carbocycles. The van der Waals surface area contributed by atoms with Crippen molar-refractivity contribution in [2.24, 2.45) is 5.92 Å². The number of pyridine rings is 1. The maximum absolute atomic E-state index is 12.6.